The zero-order valence-corrected chi connectivity index (χ0v) is 46.6. The maximum absolute atomic E-state index is 12.7. The number of benzene rings is 3. The Morgan fingerprint density at radius 2 is 0.903 bits per heavy atom. The molecular weight excluding hydrogens is 926 g/mol. The molecule has 3 aromatic carbocycles. The summed E-state index contributed by atoms with van der Waals surface area (Å²) >= 11 is 5.76. The zero-order valence-electron chi connectivity index (χ0n) is 45.9. The number of nitrogens with zero attached hydrogens (tertiary/aromatic N) is 1. The lowest BCUT2D eigenvalue weighted by atomic mass is 9.90. The van der Waals surface area contributed by atoms with Crippen molar-refractivity contribution in [1.29, 1.82) is 0 Å². The van der Waals surface area contributed by atoms with Crippen molar-refractivity contribution in [2.45, 2.75) is 207 Å². The van der Waals surface area contributed by atoms with Gasteiger partial charge in [-0.1, -0.05) is 141 Å². The quantitative estimate of drug-likeness (QED) is 0.0502. The number of carbonyl (C=O) groups is 3. The van der Waals surface area contributed by atoms with Gasteiger partial charge in [-0.15, -0.1) is 0 Å². The van der Waals surface area contributed by atoms with Crippen LogP contribution >= 0.6 is 11.6 Å². The van der Waals surface area contributed by atoms with Crippen LogP contribution in [0.25, 0.3) is 0 Å². The summed E-state index contributed by atoms with van der Waals surface area (Å²) in [6.07, 6.45) is 12.9. The van der Waals surface area contributed by atoms with Gasteiger partial charge in [0.25, 0.3) is 0 Å². The number of alkyl halides is 1. The lowest BCUT2D eigenvalue weighted by Crippen LogP contribution is -2.44. The molecule has 1 unspecified atom stereocenters. The fraction of sp³-hybridized carbons (Fsp3) is 0.656. The average Bonchev–Trinajstić information content (AvgIpc) is 4.29. The molecule has 0 N–H and O–H groups in total. The zero-order chi connectivity index (χ0) is 52.3. The van der Waals surface area contributed by atoms with Gasteiger partial charge in [-0.2, -0.15) is 0 Å². The number of likely N-dealkylation sites (tertiary alicyclic amines) is 1. The van der Waals surface area contributed by atoms with Crippen LogP contribution in [-0.4, -0.2) is 60.8 Å². The van der Waals surface area contributed by atoms with E-state index in [4.69, 9.17) is 40.0 Å². The minimum Gasteiger partial charge on any atom is -0.477 e. The molecule has 0 aromatic heterocycles. The first kappa shape index (κ1) is 56.8. The van der Waals surface area contributed by atoms with Crippen LogP contribution in [-0.2, 0) is 23.8 Å². The molecule has 5 fully saturated rings. The molecule has 1 amide bonds. The number of ether oxygens (including phenoxy) is 6. The van der Waals surface area contributed by atoms with Crippen LogP contribution in [0.15, 0.2) is 54.6 Å². The predicted octanol–water partition coefficient (Wildman–Crippen LogP) is 15.9. The van der Waals surface area contributed by atoms with E-state index in [1.807, 2.05) is 20.8 Å². The van der Waals surface area contributed by atoms with E-state index in [1.54, 1.807) is 0 Å². The number of hydrogen-bond acceptors (Lipinski definition) is 9. The Morgan fingerprint density at radius 3 is 1.26 bits per heavy atom. The van der Waals surface area contributed by atoms with E-state index in [0.717, 1.165) is 66.8 Å². The van der Waals surface area contributed by atoms with Crippen LogP contribution in [0.3, 0.4) is 0 Å². The van der Waals surface area contributed by atoms with E-state index < -0.39 is 23.7 Å². The van der Waals surface area contributed by atoms with Gasteiger partial charge in [0, 0.05) is 6.54 Å². The van der Waals surface area contributed by atoms with Crippen molar-refractivity contribution in [3.8, 4) is 17.2 Å². The molecule has 3 aromatic rings. The smallest absolute Gasteiger partial charge is 0.411 e. The minimum absolute atomic E-state index is 0.0312. The Morgan fingerprint density at radius 1 is 0.528 bits per heavy atom. The summed E-state index contributed by atoms with van der Waals surface area (Å²) in [4.78, 5) is 38.7. The third-order valence-corrected chi connectivity index (χ3v) is 15.5. The second kappa shape index (κ2) is 26.2. The standard InChI is InChI=1S/C25H37NO5.C21H30O3.C15H21ClO/c1-16(2)19-9-7-10-20(17(3)18-12-13-18)22(19)29-15-30-23(27)21-11-8-14-26(21)24(28)31-25(4,5)6;1-14(2)18-9-6-10-19(15(3)16-11-12-16)20(18)23-13-24-21(22)17-7-4-5-8-17;1-10(2)13-5-4-6-14(15(13)17-9-16)11(3)12-7-8-12/h7,9-10,16-18,21H,8,11-15H2,1-6H3;6,9-10,14-17H,4-5,7-8,11-13H2,1-3H3;4-6,10-12H,7-9H2,1-3H3/t17-,21?;15-;11-/m111/s1. The van der Waals surface area contributed by atoms with Gasteiger partial charge in [0.2, 0.25) is 13.6 Å². The number of halogens is 1. The van der Waals surface area contributed by atoms with Gasteiger partial charge in [-0.05, 0) is 172 Å². The van der Waals surface area contributed by atoms with Gasteiger partial charge >= 0.3 is 18.0 Å². The van der Waals surface area contributed by atoms with Gasteiger partial charge in [-0.25, -0.2) is 9.59 Å². The van der Waals surface area contributed by atoms with Crippen molar-refractivity contribution >= 4 is 29.6 Å². The Labute approximate surface area is 437 Å². The number of rotatable bonds is 19. The summed E-state index contributed by atoms with van der Waals surface area (Å²) in [5, 5.41) is 0. The van der Waals surface area contributed by atoms with E-state index in [2.05, 4.69) is 117 Å². The van der Waals surface area contributed by atoms with Crippen molar-refractivity contribution in [3.05, 3.63) is 88.0 Å². The summed E-state index contributed by atoms with van der Waals surface area (Å²) in [6, 6.07) is 18.8. The molecule has 4 atom stereocenters. The van der Waals surface area contributed by atoms with E-state index in [9.17, 15) is 14.4 Å². The molecule has 72 heavy (non-hydrogen) atoms. The monoisotopic (exact) mass is 1010 g/mol. The van der Waals surface area contributed by atoms with Crippen molar-refractivity contribution in [3.63, 3.8) is 0 Å². The molecule has 0 bridgehead atoms. The van der Waals surface area contributed by atoms with Crippen LogP contribution < -0.4 is 14.2 Å². The summed E-state index contributed by atoms with van der Waals surface area (Å²) in [6.45, 7) is 25.7. The van der Waals surface area contributed by atoms with E-state index in [-0.39, 0.29) is 31.5 Å². The van der Waals surface area contributed by atoms with Crippen LogP contribution in [0, 0.1) is 23.7 Å². The first-order chi connectivity index (χ1) is 34.3. The fourth-order valence-electron chi connectivity index (χ4n) is 10.5. The van der Waals surface area contributed by atoms with E-state index in [1.165, 1.54) is 71.2 Å². The molecule has 4 saturated carbocycles. The van der Waals surface area contributed by atoms with E-state index >= 15 is 0 Å². The molecule has 10 nitrogen and oxygen atoms in total. The molecule has 1 heterocycles. The summed E-state index contributed by atoms with van der Waals surface area (Å²) in [5.41, 5.74) is 6.78. The maximum Gasteiger partial charge on any atom is 0.411 e. The minimum atomic E-state index is -0.622. The van der Waals surface area contributed by atoms with Crippen LogP contribution in [0.5, 0.6) is 17.2 Å². The van der Waals surface area contributed by atoms with Crippen molar-refractivity contribution in [2.75, 3.05) is 26.2 Å². The van der Waals surface area contributed by atoms with Crippen LogP contribution in [0.2, 0.25) is 0 Å². The van der Waals surface area contributed by atoms with Crippen LogP contribution in [0.1, 0.15) is 229 Å². The Kier molecular flexibility index (Phi) is 20.7. The first-order valence-electron chi connectivity index (χ1n) is 27.5. The molecule has 398 valence electrons. The van der Waals surface area contributed by atoms with Gasteiger partial charge in [0.05, 0.1) is 5.92 Å². The van der Waals surface area contributed by atoms with Crippen molar-refractivity contribution < 1.29 is 42.8 Å². The topological polar surface area (TPSA) is 110 Å². The molecule has 8 rings (SSSR count). The van der Waals surface area contributed by atoms with Crippen molar-refractivity contribution in [1.82, 2.24) is 4.90 Å². The van der Waals surface area contributed by atoms with Gasteiger partial charge in [0.15, 0.2) is 6.07 Å². The largest absolute Gasteiger partial charge is 0.477 e. The van der Waals surface area contributed by atoms with E-state index in [0.29, 0.717) is 54.4 Å². The Bertz CT molecular complexity index is 2230. The fourth-order valence-corrected chi connectivity index (χ4v) is 10.6. The average molecular weight is 1010 g/mol. The second-order valence-corrected chi connectivity index (χ2v) is 23.4. The summed E-state index contributed by atoms with van der Waals surface area (Å²) in [5.74, 6) is 7.33. The van der Waals surface area contributed by atoms with Crippen LogP contribution in [0.4, 0.5) is 4.79 Å². The lowest BCUT2D eigenvalue weighted by molar-refractivity contribution is -0.156. The number of amides is 1. The first-order valence-corrected chi connectivity index (χ1v) is 28.0. The molecule has 1 saturated heterocycles. The molecule has 0 radical (unpaired) electrons. The molecule has 11 heteroatoms. The highest BCUT2D eigenvalue weighted by atomic mass is 35.5. The molecule has 0 spiro atoms. The lowest BCUT2D eigenvalue weighted by Gasteiger charge is -2.27. The van der Waals surface area contributed by atoms with Gasteiger partial charge in [-0.3, -0.25) is 9.69 Å². The number of para-hydroxylation sites is 3. The maximum atomic E-state index is 12.7. The third kappa shape index (κ3) is 15.8. The summed E-state index contributed by atoms with van der Waals surface area (Å²) in [7, 11) is 0. The number of carbonyl (C=O) groups excluding carboxylic acids is 3. The highest BCUT2D eigenvalue weighted by Crippen LogP contribution is 2.49. The molecule has 4 aliphatic carbocycles. The summed E-state index contributed by atoms with van der Waals surface area (Å²) < 4.78 is 34.1. The SMILES string of the molecule is CC(C)c1cccc([C@H](C)C2CC2)c1OCCl.CC(C)c1cccc([C@H](C)C2CC2)c1OCOC(=O)C1CCCC1.CC(C)c1cccc([C@H](C)C2CC2)c1OCOC(=O)C1CCCN1C(=O)OC(C)(C)C. The second-order valence-electron chi connectivity index (χ2n) is 23.2. The van der Waals surface area contributed by atoms with Gasteiger partial charge < -0.3 is 28.4 Å². The predicted molar refractivity (Wildman–Crippen MR) is 287 cm³/mol. The highest BCUT2D eigenvalue weighted by Gasteiger charge is 2.39. The number of hydrogen-bond donors (Lipinski definition) is 0. The normalized spacial score (nSPS) is 19.2. The van der Waals surface area contributed by atoms with Crippen molar-refractivity contribution in [2.24, 2.45) is 23.7 Å². The highest BCUT2D eigenvalue weighted by molar-refractivity contribution is 6.17. The Hall–Kier alpha value is -4.44. The van der Waals surface area contributed by atoms with Gasteiger partial charge in [0.1, 0.15) is 28.9 Å². The molecule has 1 aliphatic heterocycles. The molecule has 5 aliphatic rings. The number of esters is 2. The Balaban J connectivity index is 0.000000184. The third-order valence-electron chi connectivity index (χ3n) is 15.4. The molecular formula is C61H88ClNO9.